The van der Waals surface area contributed by atoms with E-state index in [2.05, 4.69) is 17.6 Å². The van der Waals surface area contributed by atoms with Gasteiger partial charge in [0.2, 0.25) is 0 Å². The SMILES string of the molecule is C1=CC2C=C[N]N2C=C1. The predicted molar refractivity (Wildman–Crippen MR) is 35.2 cm³/mol. The van der Waals surface area contributed by atoms with Crippen molar-refractivity contribution in [3.8, 4) is 0 Å². The fraction of sp³-hybridized carbons (Fsp3) is 0.143. The van der Waals surface area contributed by atoms with E-state index >= 15 is 0 Å². The van der Waals surface area contributed by atoms with Crippen LogP contribution in [0, 0.1) is 0 Å². The van der Waals surface area contributed by atoms with Crippen molar-refractivity contribution in [2.45, 2.75) is 6.04 Å². The Morgan fingerprint density at radius 2 is 2.22 bits per heavy atom. The standard InChI is InChI=1S/C7H7N2/c1-2-6-9-7(3-1)4-5-8-9/h1-7H. The van der Waals surface area contributed by atoms with E-state index in [-0.39, 0.29) is 0 Å². The Hall–Kier alpha value is -1.18. The van der Waals surface area contributed by atoms with Gasteiger partial charge in [0, 0.05) is 12.4 Å². The molecule has 2 aliphatic heterocycles. The molecule has 1 atom stereocenters. The average molecular weight is 119 g/mol. The zero-order valence-corrected chi connectivity index (χ0v) is 4.94. The van der Waals surface area contributed by atoms with Crippen LogP contribution in [0.15, 0.2) is 36.7 Å². The first kappa shape index (κ1) is 4.68. The third-order valence-corrected chi connectivity index (χ3v) is 1.45. The van der Waals surface area contributed by atoms with Crippen LogP contribution in [0.25, 0.3) is 0 Å². The lowest BCUT2D eigenvalue weighted by atomic mass is 10.2. The summed E-state index contributed by atoms with van der Waals surface area (Å²) in [6, 6.07) is 0.384. The Labute approximate surface area is 54.1 Å². The number of hydrogen-bond acceptors (Lipinski definition) is 1. The Bertz CT molecular complexity index is 191. The number of nitrogens with zero attached hydrogens (tertiary/aromatic N) is 2. The zero-order chi connectivity index (χ0) is 6.10. The van der Waals surface area contributed by atoms with E-state index in [0.29, 0.717) is 6.04 Å². The van der Waals surface area contributed by atoms with Crippen molar-refractivity contribution in [3.63, 3.8) is 0 Å². The van der Waals surface area contributed by atoms with Gasteiger partial charge in [-0.1, -0.05) is 12.2 Å². The highest BCUT2D eigenvalue weighted by molar-refractivity contribution is 5.20. The van der Waals surface area contributed by atoms with Crippen LogP contribution >= 0.6 is 0 Å². The summed E-state index contributed by atoms with van der Waals surface area (Å²) in [6.07, 6.45) is 12.0. The lowest BCUT2D eigenvalue weighted by Gasteiger charge is -2.18. The van der Waals surface area contributed by atoms with Crippen molar-refractivity contribution < 1.29 is 0 Å². The number of hydrogen-bond donors (Lipinski definition) is 0. The summed E-state index contributed by atoms with van der Waals surface area (Å²) in [6.45, 7) is 0. The summed E-state index contributed by atoms with van der Waals surface area (Å²) in [4.78, 5) is 0. The second kappa shape index (κ2) is 1.65. The molecule has 0 fully saturated rings. The molecule has 2 heteroatoms. The van der Waals surface area contributed by atoms with Gasteiger partial charge in [-0.2, -0.15) is 5.43 Å². The highest BCUT2D eigenvalue weighted by Gasteiger charge is 2.15. The van der Waals surface area contributed by atoms with Crippen molar-refractivity contribution >= 4 is 0 Å². The molecule has 0 bridgehead atoms. The molecule has 2 heterocycles. The van der Waals surface area contributed by atoms with E-state index in [0.717, 1.165) is 0 Å². The second-order valence-corrected chi connectivity index (χ2v) is 2.05. The maximum Gasteiger partial charge on any atom is 0.0901 e. The second-order valence-electron chi connectivity index (χ2n) is 2.05. The minimum Gasteiger partial charge on any atom is -0.262 e. The zero-order valence-electron chi connectivity index (χ0n) is 4.94. The first-order valence-electron chi connectivity index (χ1n) is 2.97. The van der Waals surface area contributed by atoms with Crippen LogP contribution < -0.4 is 5.43 Å². The van der Waals surface area contributed by atoms with Gasteiger partial charge in [-0.3, -0.25) is 5.01 Å². The molecule has 0 spiro atoms. The number of allylic oxidation sites excluding steroid dienone is 2. The molecule has 1 unspecified atom stereocenters. The first-order chi connectivity index (χ1) is 4.47. The molecule has 0 aromatic rings. The molecule has 0 aromatic heterocycles. The van der Waals surface area contributed by atoms with Crippen LogP contribution in [0.2, 0.25) is 0 Å². The van der Waals surface area contributed by atoms with E-state index in [1.165, 1.54) is 0 Å². The molecule has 0 N–H and O–H groups in total. The molecule has 2 nitrogen and oxygen atoms in total. The molecule has 0 aromatic carbocycles. The van der Waals surface area contributed by atoms with Crippen LogP contribution in [0.3, 0.4) is 0 Å². The molecule has 0 saturated carbocycles. The third kappa shape index (κ3) is 0.633. The van der Waals surface area contributed by atoms with E-state index in [1.54, 1.807) is 0 Å². The largest absolute Gasteiger partial charge is 0.262 e. The van der Waals surface area contributed by atoms with Crippen molar-refractivity contribution in [2.24, 2.45) is 0 Å². The summed E-state index contributed by atoms with van der Waals surface area (Å²) >= 11 is 0. The first-order valence-corrected chi connectivity index (χ1v) is 2.97. The third-order valence-electron chi connectivity index (χ3n) is 1.45. The van der Waals surface area contributed by atoms with Gasteiger partial charge >= 0.3 is 0 Å². The van der Waals surface area contributed by atoms with Crippen LogP contribution in [0.4, 0.5) is 0 Å². The monoisotopic (exact) mass is 119 g/mol. The van der Waals surface area contributed by atoms with Gasteiger partial charge in [-0.15, -0.1) is 0 Å². The maximum atomic E-state index is 4.07. The highest BCUT2D eigenvalue weighted by atomic mass is 15.5. The summed E-state index contributed by atoms with van der Waals surface area (Å²) in [5.41, 5.74) is 4.07. The smallest absolute Gasteiger partial charge is 0.0901 e. The molecule has 2 aliphatic rings. The number of rotatable bonds is 0. The van der Waals surface area contributed by atoms with Crippen LogP contribution in [0.5, 0.6) is 0 Å². The van der Waals surface area contributed by atoms with Gasteiger partial charge in [0.1, 0.15) is 0 Å². The Balaban J connectivity index is 2.25. The lowest BCUT2D eigenvalue weighted by molar-refractivity contribution is 0.316. The molecule has 9 heavy (non-hydrogen) atoms. The number of fused-ring (bicyclic) bond motifs is 1. The van der Waals surface area contributed by atoms with Gasteiger partial charge in [-0.05, 0) is 12.2 Å². The minimum absolute atomic E-state index is 0.384. The fourth-order valence-electron chi connectivity index (χ4n) is 0.975. The quantitative estimate of drug-likeness (QED) is 0.460. The normalized spacial score (nSPS) is 28.4. The molecule has 1 radical (unpaired) electrons. The Morgan fingerprint density at radius 3 is 3.11 bits per heavy atom. The van der Waals surface area contributed by atoms with Crippen LogP contribution in [-0.2, 0) is 0 Å². The van der Waals surface area contributed by atoms with Crippen molar-refractivity contribution in [1.82, 2.24) is 10.4 Å². The fourth-order valence-corrected chi connectivity index (χ4v) is 0.975. The van der Waals surface area contributed by atoms with Gasteiger partial charge in [0.25, 0.3) is 0 Å². The Kier molecular flexibility index (Phi) is 0.859. The van der Waals surface area contributed by atoms with Crippen LogP contribution in [-0.4, -0.2) is 11.1 Å². The molecular weight excluding hydrogens is 112 g/mol. The van der Waals surface area contributed by atoms with E-state index in [1.807, 2.05) is 29.6 Å². The van der Waals surface area contributed by atoms with Crippen LogP contribution in [0.1, 0.15) is 0 Å². The highest BCUT2D eigenvalue weighted by Crippen LogP contribution is 2.11. The summed E-state index contributed by atoms with van der Waals surface area (Å²) < 4.78 is 0. The maximum absolute atomic E-state index is 4.07. The molecule has 45 valence electrons. The average Bonchev–Trinajstić information content (AvgIpc) is 2.33. The summed E-state index contributed by atoms with van der Waals surface area (Å²) in [5, 5.41) is 1.92. The Morgan fingerprint density at radius 1 is 1.22 bits per heavy atom. The van der Waals surface area contributed by atoms with Gasteiger partial charge < -0.3 is 0 Å². The van der Waals surface area contributed by atoms with Crippen molar-refractivity contribution in [2.75, 3.05) is 0 Å². The lowest BCUT2D eigenvalue weighted by Crippen LogP contribution is -2.27. The van der Waals surface area contributed by atoms with Crippen molar-refractivity contribution in [1.29, 1.82) is 0 Å². The molecule has 0 aliphatic carbocycles. The molecule has 0 saturated heterocycles. The van der Waals surface area contributed by atoms with Gasteiger partial charge in [0.15, 0.2) is 0 Å². The van der Waals surface area contributed by atoms with Gasteiger partial charge in [0.05, 0.1) is 6.04 Å². The molecule has 0 amide bonds. The molecular formula is C7H7N2. The van der Waals surface area contributed by atoms with E-state index < -0.39 is 0 Å². The molecule has 2 rings (SSSR count). The predicted octanol–water partition coefficient (Wildman–Crippen LogP) is 0.787. The summed E-state index contributed by atoms with van der Waals surface area (Å²) in [5.74, 6) is 0. The van der Waals surface area contributed by atoms with E-state index in [9.17, 15) is 0 Å². The van der Waals surface area contributed by atoms with E-state index in [4.69, 9.17) is 0 Å². The summed E-state index contributed by atoms with van der Waals surface area (Å²) in [7, 11) is 0. The van der Waals surface area contributed by atoms with Gasteiger partial charge in [-0.25, -0.2) is 0 Å². The minimum atomic E-state index is 0.384. The topological polar surface area (TPSA) is 17.3 Å². The van der Waals surface area contributed by atoms with Crippen molar-refractivity contribution in [3.05, 3.63) is 36.7 Å².